The molecule has 2 N–H and O–H groups in total. The van der Waals surface area contributed by atoms with Crippen molar-refractivity contribution in [1.82, 2.24) is 5.32 Å². The van der Waals surface area contributed by atoms with E-state index in [-0.39, 0.29) is 21.0 Å². The molecular weight excluding hydrogens is 501 g/mol. The van der Waals surface area contributed by atoms with Gasteiger partial charge in [-0.1, -0.05) is 47.6 Å². The summed E-state index contributed by atoms with van der Waals surface area (Å²) in [6.45, 7) is 0. The van der Waals surface area contributed by atoms with Gasteiger partial charge in [0.15, 0.2) is 5.78 Å². The minimum Gasteiger partial charge on any atom is -0.468 e. The van der Waals surface area contributed by atoms with Crippen molar-refractivity contribution in [2.24, 2.45) is 5.92 Å². The number of nitrogens with one attached hydrogen (secondary N) is 1. The van der Waals surface area contributed by atoms with E-state index >= 15 is 0 Å². The van der Waals surface area contributed by atoms with Gasteiger partial charge in [0, 0.05) is 10.9 Å². The number of ether oxygens (including phenoxy) is 1. The van der Waals surface area contributed by atoms with Crippen LogP contribution in [0, 0.1) is 17.2 Å². The van der Waals surface area contributed by atoms with Crippen LogP contribution < -0.4 is 5.32 Å². The largest absolute Gasteiger partial charge is 0.468 e. The number of thiophene rings is 1. The van der Waals surface area contributed by atoms with E-state index in [0.29, 0.717) is 11.8 Å². The van der Waals surface area contributed by atoms with Gasteiger partial charge in [-0.3, -0.25) is 9.59 Å². The Labute approximate surface area is 200 Å². The predicted octanol–water partition coefficient (Wildman–Crippen LogP) is 4.48. The van der Waals surface area contributed by atoms with Gasteiger partial charge in [0.25, 0.3) is 0 Å². The van der Waals surface area contributed by atoms with Crippen LogP contribution in [0.2, 0.25) is 5.02 Å². The summed E-state index contributed by atoms with van der Waals surface area (Å²) in [5, 5.41) is 24.0. The van der Waals surface area contributed by atoms with Crippen molar-refractivity contribution in [2.75, 3.05) is 12.9 Å². The lowest BCUT2D eigenvalue weighted by Crippen LogP contribution is -2.66. The number of benzene rings is 1. The van der Waals surface area contributed by atoms with E-state index in [1.165, 1.54) is 35.7 Å². The summed E-state index contributed by atoms with van der Waals surface area (Å²) in [6.07, 6.45) is -5.33. The third kappa shape index (κ3) is 4.75. The van der Waals surface area contributed by atoms with Crippen LogP contribution in [-0.2, 0) is 9.53 Å². The van der Waals surface area contributed by atoms with Gasteiger partial charge in [-0.05, 0) is 23.1 Å². The van der Waals surface area contributed by atoms with Crippen LogP contribution in [0.5, 0.6) is 0 Å². The van der Waals surface area contributed by atoms with Gasteiger partial charge in [0.1, 0.15) is 0 Å². The molecule has 0 saturated carbocycles. The average Bonchev–Trinajstić information content (AvgIpc) is 3.31. The molecule has 1 aliphatic heterocycles. The first-order valence-corrected chi connectivity index (χ1v) is 11.5. The Hall–Kier alpha value is -2.52. The summed E-state index contributed by atoms with van der Waals surface area (Å²) in [6, 6.07) is 10.5. The Morgan fingerprint density at radius 2 is 2.03 bits per heavy atom. The molecular formula is C21H16ClF3N2O4S2. The maximum atomic E-state index is 14.3. The highest BCUT2D eigenvalue weighted by Crippen LogP contribution is 2.52. The summed E-state index contributed by atoms with van der Waals surface area (Å²) >= 11 is 7.74. The minimum atomic E-state index is -5.33. The Morgan fingerprint density at radius 3 is 2.58 bits per heavy atom. The van der Waals surface area contributed by atoms with Crippen LogP contribution in [0.1, 0.15) is 21.2 Å². The molecule has 0 spiro atoms. The van der Waals surface area contributed by atoms with Crippen LogP contribution in [-0.4, -0.2) is 41.6 Å². The number of halogens is 4. The molecule has 0 bridgehead atoms. The van der Waals surface area contributed by atoms with Crippen LogP contribution in [0.4, 0.5) is 13.2 Å². The molecule has 1 aromatic heterocycles. The number of carbonyl (C=O) groups excluding carboxylic acids is 2. The number of allylic oxidation sites excluding steroid dienone is 1. The maximum absolute atomic E-state index is 14.3. The summed E-state index contributed by atoms with van der Waals surface area (Å²) < 4.78 is 47.5. The fourth-order valence-corrected chi connectivity index (χ4v) is 5.41. The zero-order valence-electron chi connectivity index (χ0n) is 16.9. The average molecular weight is 517 g/mol. The van der Waals surface area contributed by atoms with Crippen molar-refractivity contribution in [1.29, 1.82) is 5.26 Å². The molecule has 2 heterocycles. The number of carbonyl (C=O) groups is 2. The lowest BCUT2D eigenvalue weighted by molar-refractivity contribution is -0.285. The lowest BCUT2D eigenvalue weighted by Gasteiger charge is -2.45. The number of Topliss-reactive ketones (excluding diaryl/α,β-unsaturated/α-hetero) is 1. The summed E-state index contributed by atoms with van der Waals surface area (Å²) in [5.41, 5.74) is -3.96. The van der Waals surface area contributed by atoms with Crippen LogP contribution in [0.25, 0.3) is 0 Å². The Morgan fingerprint density at radius 1 is 1.33 bits per heavy atom. The predicted molar refractivity (Wildman–Crippen MR) is 118 cm³/mol. The van der Waals surface area contributed by atoms with E-state index in [1.54, 1.807) is 6.07 Å². The van der Waals surface area contributed by atoms with Gasteiger partial charge >= 0.3 is 12.1 Å². The van der Waals surface area contributed by atoms with Gasteiger partial charge in [-0.2, -0.15) is 18.4 Å². The molecule has 174 valence electrons. The molecule has 33 heavy (non-hydrogen) atoms. The standard InChI is InChI=1S/C21H16ClF3N2O4S2/c1-31-15(28)10-33-19-12(9-26)16(11-5-2-3-6-13(11)22)17(18(29)14-7-4-8-32-14)20(30,27-19)21(23,24)25/h2-8,16-17,27,30H,10H2,1H3/t16-,17+,20-/m0/s1. The Kier molecular flexibility index (Phi) is 7.43. The van der Waals surface area contributed by atoms with Gasteiger partial charge in [0.2, 0.25) is 5.72 Å². The van der Waals surface area contributed by atoms with Gasteiger partial charge in [-0.25, -0.2) is 0 Å². The lowest BCUT2D eigenvalue weighted by atomic mass is 9.70. The number of thioether (sulfide) groups is 1. The normalized spacial score (nSPS) is 22.9. The molecule has 3 rings (SSSR count). The van der Waals surface area contributed by atoms with Crippen molar-refractivity contribution in [3.05, 3.63) is 67.8 Å². The Balaban J connectivity index is 2.30. The van der Waals surface area contributed by atoms with E-state index in [1.807, 2.05) is 11.4 Å². The number of hydrogen-bond donors (Lipinski definition) is 2. The van der Waals surface area contributed by atoms with Crippen molar-refractivity contribution in [2.45, 2.75) is 17.8 Å². The molecule has 1 aliphatic rings. The molecule has 0 amide bonds. The quantitative estimate of drug-likeness (QED) is 0.431. The molecule has 12 heteroatoms. The summed E-state index contributed by atoms with van der Waals surface area (Å²) in [5.74, 6) is -5.92. The number of alkyl halides is 3. The molecule has 0 radical (unpaired) electrons. The first kappa shape index (κ1) is 25.1. The molecule has 2 aromatic rings. The van der Waals surface area contributed by atoms with Crippen LogP contribution in [0.15, 0.2) is 52.4 Å². The highest BCUT2D eigenvalue weighted by atomic mass is 35.5. The fourth-order valence-electron chi connectivity index (χ4n) is 3.51. The van der Waals surface area contributed by atoms with Crippen LogP contribution >= 0.6 is 34.7 Å². The van der Waals surface area contributed by atoms with Crippen molar-refractivity contribution < 1.29 is 32.6 Å². The van der Waals surface area contributed by atoms with E-state index < -0.39 is 46.3 Å². The second kappa shape index (κ2) is 9.77. The van der Waals surface area contributed by atoms with E-state index in [0.717, 1.165) is 18.4 Å². The number of rotatable bonds is 6. The topological polar surface area (TPSA) is 99.4 Å². The highest BCUT2D eigenvalue weighted by molar-refractivity contribution is 8.03. The number of nitriles is 1. The molecule has 1 aromatic carbocycles. The smallest absolute Gasteiger partial charge is 0.437 e. The molecule has 6 nitrogen and oxygen atoms in total. The monoisotopic (exact) mass is 516 g/mol. The van der Waals surface area contributed by atoms with Gasteiger partial charge in [-0.15, -0.1) is 11.3 Å². The van der Waals surface area contributed by atoms with E-state index in [9.17, 15) is 33.1 Å². The molecule has 0 unspecified atom stereocenters. The number of methoxy groups -OCH3 is 1. The number of hydrogen-bond acceptors (Lipinski definition) is 8. The number of aliphatic hydroxyl groups is 1. The Bertz CT molecular complexity index is 1130. The number of nitrogens with zero attached hydrogens (tertiary/aromatic N) is 1. The summed E-state index contributed by atoms with van der Waals surface area (Å²) in [7, 11) is 1.10. The van der Waals surface area contributed by atoms with E-state index in [2.05, 4.69) is 4.74 Å². The molecule has 0 aliphatic carbocycles. The van der Waals surface area contributed by atoms with Crippen molar-refractivity contribution in [3.8, 4) is 6.07 Å². The van der Waals surface area contributed by atoms with Crippen LogP contribution in [0.3, 0.4) is 0 Å². The molecule has 0 saturated heterocycles. The second-order valence-corrected chi connectivity index (χ2v) is 9.27. The fraction of sp³-hybridized carbons (Fsp3) is 0.286. The maximum Gasteiger partial charge on any atom is 0.437 e. The summed E-state index contributed by atoms with van der Waals surface area (Å²) in [4.78, 5) is 24.9. The third-order valence-corrected chi connectivity index (χ3v) is 7.26. The molecule has 3 atom stereocenters. The van der Waals surface area contributed by atoms with Gasteiger partial charge < -0.3 is 15.2 Å². The van der Waals surface area contributed by atoms with Crippen molar-refractivity contribution >= 4 is 46.5 Å². The van der Waals surface area contributed by atoms with E-state index in [4.69, 9.17) is 11.6 Å². The van der Waals surface area contributed by atoms with Crippen molar-refractivity contribution in [3.63, 3.8) is 0 Å². The molecule has 0 fully saturated rings. The first-order valence-electron chi connectivity index (χ1n) is 9.28. The SMILES string of the molecule is COC(=O)CSC1=C(C#N)[C@H](c2ccccc2Cl)[C@H](C(=O)c2cccs2)[C@](O)(C(F)(F)F)N1. The second-order valence-electron chi connectivity index (χ2n) is 6.93. The van der Waals surface area contributed by atoms with Gasteiger partial charge in [0.05, 0.1) is 40.3 Å². The highest BCUT2D eigenvalue weighted by Gasteiger charge is 2.66. The zero-order valence-corrected chi connectivity index (χ0v) is 19.2. The minimum absolute atomic E-state index is 0.0166. The number of esters is 1. The number of ketones is 1. The zero-order chi connectivity index (χ0) is 24.4. The third-order valence-electron chi connectivity index (χ3n) is 5.04. The first-order chi connectivity index (χ1) is 15.5.